The SMILES string of the molecule is N#Cc1cc(F)cc(OCc2ccc3c(c2)OCO3)c1. The van der Waals surface area contributed by atoms with Gasteiger partial charge in [-0.2, -0.15) is 5.26 Å². The summed E-state index contributed by atoms with van der Waals surface area (Å²) in [6.07, 6.45) is 0. The highest BCUT2D eigenvalue weighted by Gasteiger charge is 2.13. The van der Waals surface area contributed by atoms with Gasteiger partial charge in [0.25, 0.3) is 0 Å². The van der Waals surface area contributed by atoms with Crippen molar-refractivity contribution in [2.45, 2.75) is 6.61 Å². The van der Waals surface area contributed by atoms with E-state index in [4.69, 9.17) is 19.5 Å². The van der Waals surface area contributed by atoms with Crippen molar-refractivity contribution in [2.24, 2.45) is 0 Å². The van der Waals surface area contributed by atoms with E-state index in [1.807, 2.05) is 18.2 Å². The molecule has 0 bridgehead atoms. The molecule has 0 spiro atoms. The molecule has 3 rings (SSSR count). The van der Waals surface area contributed by atoms with Gasteiger partial charge in [0.15, 0.2) is 11.5 Å². The smallest absolute Gasteiger partial charge is 0.231 e. The summed E-state index contributed by atoms with van der Waals surface area (Å²) in [6, 6.07) is 11.2. The molecule has 100 valence electrons. The lowest BCUT2D eigenvalue weighted by molar-refractivity contribution is 0.174. The van der Waals surface area contributed by atoms with Gasteiger partial charge in [0.05, 0.1) is 11.6 Å². The van der Waals surface area contributed by atoms with Gasteiger partial charge >= 0.3 is 0 Å². The normalized spacial score (nSPS) is 12.0. The molecule has 0 atom stereocenters. The molecule has 2 aromatic rings. The Labute approximate surface area is 114 Å². The second-order valence-corrected chi connectivity index (χ2v) is 4.26. The molecule has 0 saturated heterocycles. The average molecular weight is 271 g/mol. The first kappa shape index (κ1) is 12.3. The minimum atomic E-state index is -0.496. The Hall–Kier alpha value is -2.74. The van der Waals surface area contributed by atoms with Crippen LogP contribution in [0.3, 0.4) is 0 Å². The second-order valence-electron chi connectivity index (χ2n) is 4.26. The maximum absolute atomic E-state index is 13.3. The molecule has 0 amide bonds. The van der Waals surface area contributed by atoms with E-state index >= 15 is 0 Å². The van der Waals surface area contributed by atoms with E-state index < -0.39 is 5.82 Å². The Morgan fingerprint density at radius 1 is 1.15 bits per heavy atom. The summed E-state index contributed by atoms with van der Waals surface area (Å²) in [7, 11) is 0. The Morgan fingerprint density at radius 3 is 2.85 bits per heavy atom. The van der Waals surface area contributed by atoms with Crippen molar-refractivity contribution in [2.75, 3.05) is 6.79 Å². The van der Waals surface area contributed by atoms with E-state index in [2.05, 4.69) is 0 Å². The lowest BCUT2D eigenvalue weighted by Crippen LogP contribution is -1.96. The molecule has 5 heteroatoms. The lowest BCUT2D eigenvalue weighted by atomic mass is 10.2. The van der Waals surface area contributed by atoms with Crippen molar-refractivity contribution in [3.8, 4) is 23.3 Å². The third-order valence-electron chi connectivity index (χ3n) is 2.84. The molecule has 2 aromatic carbocycles. The zero-order valence-electron chi connectivity index (χ0n) is 10.4. The van der Waals surface area contributed by atoms with Crippen molar-refractivity contribution in [1.82, 2.24) is 0 Å². The number of hydrogen-bond donors (Lipinski definition) is 0. The van der Waals surface area contributed by atoms with Crippen LogP contribution in [0.5, 0.6) is 17.2 Å². The third kappa shape index (κ3) is 2.50. The van der Waals surface area contributed by atoms with Crippen LogP contribution in [-0.4, -0.2) is 6.79 Å². The number of halogens is 1. The Bertz CT molecular complexity index is 694. The molecular weight excluding hydrogens is 261 g/mol. The monoisotopic (exact) mass is 271 g/mol. The number of hydrogen-bond acceptors (Lipinski definition) is 4. The van der Waals surface area contributed by atoms with Gasteiger partial charge < -0.3 is 14.2 Å². The van der Waals surface area contributed by atoms with E-state index in [1.165, 1.54) is 12.1 Å². The number of benzene rings is 2. The molecular formula is C15H10FNO3. The molecule has 0 aromatic heterocycles. The van der Waals surface area contributed by atoms with E-state index in [-0.39, 0.29) is 19.0 Å². The highest BCUT2D eigenvalue weighted by atomic mass is 19.1. The van der Waals surface area contributed by atoms with Gasteiger partial charge in [-0.3, -0.25) is 0 Å². The number of fused-ring (bicyclic) bond motifs is 1. The van der Waals surface area contributed by atoms with Crippen LogP contribution < -0.4 is 14.2 Å². The van der Waals surface area contributed by atoms with Crippen molar-refractivity contribution < 1.29 is 18.6 Å². The summed E-state index contributed by atoms with van der Waals surface area (Å²) in [5, 5.41) is 8.77. The van der Waals surface area contributed by atoms with Crippen LogP contribution in [-0.2, 0) is 6.61 Å². The van der Waals surface area contributed by atoms with Crippen molar-refractivity contribution in [1.29, 1.82) is 5.26 Å². The molecule has 0 saturated carbocycles. The van der Waals surface area contributed by atoms with Crippen LogP contribution in [0, 0.1) is 17.1 Å². The average Bonchev–Trinajstić information content (AvgIpc) is 2.92. The molecule has 0 unspecified atom stereocenters. The minimum absolute atomic E-state index is 0.217. The van der Waals surface area contributed by atoms with Crippen molar-refractivity contribution in [3.05, 3.63) is 53.3 Å². The summed E-state index contributed by atoms with van der Waals surface area (Å²) in [6.45, 7) is 0.472. The van der Waals surface area contributed by atoms with Crippen molar-refractivity contribution in [3.63, 3.8) is 0 Å². The van der Waals surface area contributed by atoms with Gasteiger partial charge in [0.2, 0.25) is 6.79 Å². The number of nitrogens with zero attached hydrogens (tertiary/aromatic N) is 1. The fourth-order valence-corrected chi connectivity index (χ4v) is 1.91. The third-order valence-corrected chi connectivity index (χ3v) is 2.84. The summed E-state index contributed by atoms with van der Waals surface area (Å²) < 4.78 is 29.2. The first-order chi connectivity index (χ1) is 9.74. The predicted octanol–water partition coefficient (Wildman–Crippen LogP) is 3.01. The second kappa shape index (κ2) is 5.10. The van der Waals surface area contributed by atoms with Gasteiger partial charge in [0, 0.05) is 6.07 Å². The van der Waals surface area contributed by atoms with Gasteiger partial charge in [-0.05, 0) is 29.8 Å². The standard InChI is InChI=1S/C15H10FNO3/c16-12-3-11(7-17)4-13(6-12)18-8-10-1-2-14-15(5-10)20-9-19-14/h1-6H,8-9H2. The lowest BCUT2D eigenvalue weighted by Gasteiger charge is -2.07. The van der Waals surface area contributed by atoms with Crippen LogP contribution in [0.4, 0.5) is 4.39 Å². The molecule has 1 aliphatic heterocycles. The molecule has 4 nitrogen and oxygen atoms in total. The Kier molecular flexibility index (Phi) is 3.13. The first-order valence-corrected chi connectivity index (χ1v) is 5.96. The predicted molar refractivity (Wildman–Crippen MR) is 68.0 cm³/mol. The van der Waals surface area contributed by atoms with Gasteiger partial charge in [-0.25, -0.2) is 4.39 Å². The molecule has 0 aliphatic carbocycles. The fourth-order valence-electron chi connectivity index (χ4n) is 1.91. The summed E-state index contributed by atoms with van der Waals surface area (Å²) in [5.74, 6) is 1.19. The fraction of sp³-hybridized carbons (Fsp3) is 0.133. The maximum atomic E-state index is 13.3. The highest BCUT2D eigenvalue weighted by molar-refractivity contribution is 5.44. The first-order valence-electron chi connectivity index (χ1n) is 5.96. The number of ether oxygens (including phenoxy) is 3. The number of nitriles is 1. The molecule has 0 N–H and O–H groups in total. The van der Waals surface area contributed by atoms with E-state index in [9.17, 15) is 4.39 Å². The van der Waals surface area contributed by atoms with E-state index in [0.29, 0.717) is 17.2 Å². The summed E-state index contributed by atoms with van der Waals surface area (Å²) >= 11 is 0. The minimum Gasteiger partial charge on any atom is -0.489 e. The number of rotatable bonds is 3. The molecule has 0 fully saturated rings. The van der Waals surface area contributed by atoms with Gasteiger partial charge in [-0.1, -0.05) is 6.07 Å². The Morgan fingerprint density at radius 2 is 2.00 bits per heavy atom. The van der Waals surface area contributed by atoms with E-state index in [0.717, 1.165) is 11.6 Å². The van der Waals surface area contributed by atoms with Crippen LogP contribution in [0.2, 0.25) is 0 Å². The topological polar surface area (TPSA) is 51.5 Å². The van der Waals surface area contributed by atoms with Crippen LogP contribution >= 0.6 is 0 Å². The van der Waals surface area contributed by atoms with Crippen LogP contribution in [0.25, 0.3) is 0 Å². The zero-order valence-corrected chi connectivity index (χ0v) is 10.4. The summed E-state index contributed by atoms with van der Waals surface area (Å²) in [5.41, 5.74) is 1.10. The van der Waals surface area contributed by atoms with Crippen LogP contribution in [0.1, 0.15) is 11.1 Å². The quantitative estimate of drug-likeness (QED) is 0.861. The van der Waals surface area contributed by atoms with Gasteiger partial charge in [-0.15, -0.1) is 0 Å². The largest absolute Gasteiger partial charge is 0.489 e. The Balaban J connectivity index is 1.73. The molecule has 1 aliphatic rings. The van der Waals surface area contributed by atoms with E-state index in [1.54, 1.807) is 6.07 Å². The van der Waals surface area contributed by atoms with Crippen LogP contribution in [0.15, 0.2) is 36.4 Å². The molecule has 1 heterocycles. The van der Waals surface area contributed by atoms with Crippen molar-refractivity contribution >= 4 is 0 Å². The molecule has 0 radical (unpaired) electrons. The molecule has 20 heavy (non-hydrogen) atoms. The zero-order chi connectivity index (χ0) is 13.9. The highest BCUT2D eigenvalue weighted by Crippen LogP contribution is 2.32. The van der Waals surface area contributed by atoms with Gasteiger partial charge in [0.1, 0.15) is 18.2 Å². The maximum Gasteiger partial charge on any atom is 0.231 e. The summed E-state index contributed by atoms with van der Waals surface area (Å²) in [4.78, 5) is 0.